The molecule has 4 N–H and O–H groups in total. The summed E-state index contributed by atoms with van der Waals surface area (Å²) in [5, 5.41) is 16.9. The van der Waals surface area contributed by atoms with Crippen molar-refractivity contribution in [2.45, 2.75) is 32.1 Å². The molecule has 8 heteroatoms. The van der Waals surface area contributed by atoms with Crippen molar-refractivity contribution >= 4 is 27.6 Å². The number of nitrogens with two attached hydrogens (primary N) is 1. The molecule has 0 bridgehead atoms. The third-order valence-corrected chi connectivity index (χ3v) is 5.40. The minimum atomic E-state index is -3.94. The fourth-order valence-corrected chi connectivity index (χ4v) is 3.50. The van der Waals surface area contributed by atoms with Crippen molar-refractivity contribution in [2.75, 3.05) is 5.32 Å². The van der Waals surface area contributed by atoms with Gasteiger partial charge < -0.3 is 10.4 Å². The summed E-state index contributed by atoms with van der Waals surface area (Å²) in [5.41, 5.74) is 2.69. The Morgan fingerprint density at radius 2 is 1.74 bits per heavy atom. The summed E-state index contributed by atoms with van der Waals surface area (Å²) in [4.78, 5) is 23.3. The minimum Gasteiger partial charge on any atom is -0.481 e. The summed E-state index contributed by atoms with van der Waals surface area (Å²) in [5.74, 6) is -1.83. The number of carboxylic acid groups (broad SMARTS) is 1. The van der Waals surface area contributed by atoms with E-state index in [4.69, 9.17) is 10.2 Å². The van der Waals surface area contributed by atoms with Crippen LogP contribution in [0.4, 0.5) is 5.69 Å². The average molecular weight is 390 g/mol. The normalized spacial score (nSPS) is 12.4. The Balaban J connectivity index is 2.20. The largest absolute Gasteiger partial charge is 0.481 e. The predicted molar refractivity (Wildman–Crippen MR) is 102 cm³/mol. The van der Waals surface area contributed by atoms with Gasteiger partial charge in [-0.15, -0.1) is 0 Å². The third kappa shape index (κ3) is 5.15. The van der Waals surface area contributed by atoms with Crippen LogP contribution in [0.2, 0.25) is 0 Å². The van der Waals surface area contributed by atoms with Gasteiger partial charge >= 0.3 is 5.97 Å². The fraction of sp³-hybridized carbons (Fsp3) is 0.263. The first kappa shape index (κ1) is 20.6. The molecular formula is C19H22N2O5S. The summed E-state index contributed by atoms with van der Waals surface area (Å²) in [6, 6.07) is 9.68. The lowest BCUT2D eigenvalue weighted by molar-refractivity contribution is -0.141. The van der Waals surface area contributed by atoms with Crippen molar-refractivity contribution in [3.05, 3.63) is 58.7 Å². The Hall–Kier alpha value is -2.71. The van der Waals surface area contributed by atoms with Crippen LogP contribution >= 0.6 is 0 Å². The van der Waals surface area contributed by atoms with E-state index >= 15 is 0 Å². The van der Waals surface area contributed by atoms with Gasteiger partial charge in [0.05, 0.1) is 10.8 Å². The topological polar surface area (TPSA) is 127 Å². The van der Waals surface area contributed by atoms with Gasteiger partial charge in [-0.3, -0.25) is 9.59 Å². The molecule has 0 fully saturated rings. The zero-order valence-electron chi connectivity index (χ0n) is 15.3. The summed E-state index contributed by atoms with van der Waals surface area (Å²) >= 11 is 0. The fourth-order valence-electron chi connectivity index (χ4n) is 2.62. The number of anilines is 1. The van der Waals surface area contributed by atoms with Crippen LogP contribution in [0.3, 0.4) is 0 Å². The number of nitrogens with one attached hydrogen (secondary N) is 1. The third-order valence-electron chi connectivity index (χ3n) is 4.36. The van der Waals surface area contributed by atoms with Gasteiger partial charge in [0.2, 0.25) is 10.0 Å². The maximum Gasteiger partial charge on any atom is 0.306 e. The monoisotopic (exact) mass is 390 g/mol. The molecule has 1 atom stereocenters. The zero-order chi connectivity index (χ0) is 20.4. The van der Waals surface area contributed by atoms with Gasteiger partial charge in [0, 0.05) is 11.3 Å². The molecular weight excluding hydrogens is 368 g/mol. The number of carboxylic acids is 1. The first-order chi connectivity index (χ1) is 12.5. The second kappa shape index (κ2) is 7.89. The molecule has 1 amide bonds. The molecule has 2 aromatic carbocycles. The summed E-state index contributed by atoms with van der Waals surface area (Å²) in [6.45, 7) is 4.97. The van der Waals surface area contributed by atoms with Gasteiger partial charge in [-0.1, -0.05) is 19.1 Å². The summed E-state index contributed by atoms with van der Waals surface area (Å²) < 4.78 is 23.4. The summed E-state index contributed by atoms with van der Waals surface area (Å²) in [6.07, 6.45) is 0.387. The van der Waals surface area contributed by atoms with Crippen LogP contribution < -0.4 is 10.5 Å². The molecule has 0 heterocycles. The second-order valence-corrected chi connectivity index (χ2v) is 8.09. The lowest BCUT2D eigenvalue weighted by Gasteiger charge is -2.12. The number of primary sulfonamides is 1. The molecule has 0 saturated carbocycles. The van der Waals surface area contributed by atoms with E-state index in [2.05, 4.69) is 5.32 Å². The minimum absolute atomic E-state index is 0.0781. The van der Waals surface area contributed by atoms with E-state index in [1.54, 1.807) is 51.1 Å². The van der Waals surface area contributed by atoms with Gasteiger partial charge in [0.1, 0.15) is 0 Å². The molecule has 0 aromatic heterocycles. The number of carbonyl (C=O) groups is 2. The number of sulfonamides is 1. The Morgan fingerprint density at radius 1 is 1.15 bits per heavy atom. The van der Waals surface area contributed by atoms with E-state index in [9.17, 15) is 18.0 Å². The molecule has 0 aliphatic carbocycles. The first-order valence-electron chi connectivity index (χ1n) is 8.26. The first-order valence-corrected chi connectivity index (χ1v) is 9.81. The van der Waals surface area contributed by atoms with Crippen molar-refractivity contribution in [3.8, 4) is 0 Å². The predicted octanol–water partition coefficient (Wildman–Crippen LogP) is 2.47. The lowest BCUT2D eigenvalue weighted by atomic mass is 10.0. The van der Waals surface area contributed by atoms with Crippen LogP contribution in [0.25, 0.3) is 0 Å². The standard InChI is InChI=1S/C19H22N2O5S/c1-11-9-15(10-17(13(11)3)27(20,25)26)18(22)21-16-6-4-14(5-7-16)8-12(2)19(23)24/h4-7,9-10,12H,8H2,1-3H3,(H,21,22)(H,23,24)(H2,20,25,26). The molecule has 144 valence electrons. The van der Waals surface area contributed by atoms with E-state index in [0.29, 0.717) is 23.2 Å². The Bertz CT molecular complexity index is 982. The highest BCUT2D eigenvalue weighted by atomic mass is 32.2. The average Bonchev–Trinajstić information content (AvgIpc) is 2.57. The number of hydrogen-bond acceptors (Lipinski definition) is 4. The van der Waals surface area contributed by atoms with Crippen LogP contribution in [-0.2, 0) is 21.2 Å². The van der Waals surface area contributed by atoms with Crippen LogP contribution in [0.5, 0.6) is 0 Å². The molecule has 0 saturated heterocycles. The highest BCUT2D eigenvalue weighted by Gasteiger charge is 2.18. The lowest BCUT2D eigenvalue weighted by Crippen LogP contribution is -2.18. The highest BCUT2D eigenvalue weighted by Crippen LogP contribution is 2.21. The maximum atomic E-state index is 12.5. The van der Waals surface area contributed by atoms with Crippen LogP contribution in [0.15, 0.2) is 41.3 Å². The molecule has 7 nitrogen and oxygen atoms in total. The zero-order valence-corrected chi connectivity index (χ0v) is 16.1. The van der Waals surface area contributed by atoms with Crippen molar-refractivity contribution in [1.29, 1.82) is 0 Å². The van der Waals surface area contributed by atoms with Crippen molar-refractivity contribution in [2.24, 2.45) is 11.1 Å². The van der Waals surface area contributed by atoms with E-state index in [1.165, 1.54) is 6.07 Å². The van der Waals surface area contributed by atoms with E-state index < -0.39 is 27.8 Å². The van der Waals surface area contributed by atoms with Crippen LogP contribution in [-0.4, -0.2) is 25.4 Å². The Labute approximate surface area is 158 Å². The molecule has 0 radical (unpaired) electrons. The van der Waals surface area contributed by atoms with Crippen molar-refractivity contribution < 1.29 is 23.1 Å². The van der Waals surface area contributed by atoms with Gasteiger partial charge in [0.25, 0.3) is 5.91 Å². The number of aliphatic carboxylic acids is 1. The van der Waals surface area contributed by atoms with Gasteiger partial charge in [-0.2, -0.15) is 0 Å². The molecule has 2 rings (SSSR count). The number of benzene rings is 2. The van der Waals surface area contributed by atoms with Gasteiger partial charge in [-0.05, 0) is 61.2 Å². The van der Waals surface area contributed by atoms with E-state index in [1.807, 2.05) is 0 Å². The van der Waals surface area contributed by atoms with E-state index in [0.717, 1.165) is 5.56 Å². The number of rotatable bonds is 6. The molecule has 2 aromatic rings. The quantitative estimate of drug-likeness (QED) is 0.698. The van der Waals surface area contributed by atoms with E-state index in [-0.39, 0.29) is 10.5 Å². The van der Waals surface area contributed by atoms with Gasteiger partial charge in [-0.25, -0.2) is 13.6 Å². The molecule has 27 heavy (non-hydrogen) atoms. The van der Waals surface area contributed by atoms with Crippen LogP contribution in [0, 0.1) is 19.8 Å². The molecule has 0 aliphatic rings. The maximum absolute atomic E-state index is 12.5. The van der Waals surface area contributed by atoms with Crippen molar-refractivity contribution in [3.63, 3.8) is 0 Å². The molecule has 0 aliphatic heterocycles. The molecule has 0 spiro atoms. The number of aryl methyl sites for hydroxylation is 1. The highest BCUT2D eigenvalue weighted by molar-refractivity contribution is 7.89. The molecule has 1 unspecified atom stereocenters. The summed E-state index contributed by atoms with van der Waals surface area (Å²) in [7, 11) is -3.94. The smallest absolute Gasteiger partial charge is 0.306 e. The SMILES string of the molecule is Cc1cc(C(=O)Nc2ccc(CC(C)C(=O)O)cc2)cc(S(N)(=O)=O)c1C. The second-order valence-electron chi connectivity index (χ2n) is 6.56. The Morgan fingerprint density at radius 3 is 2.26 bits per heavy atom. The van der Waals surface area contributed by atoms with Crippen molar-refractivity contribution in [1.82, 2.24) is 0 Å². The number of hydrogen-bond donors (Lipinski definition) is 3. The van der Waals surface area contributed by atoms with Crippen LogP contribution in [0.1, 0.15) is 34.0 Å². The van der Waals surface area contributed by atoms with Gasteiger partial charge in [0.15, 0.2) is 0 Å². The number of amides is 1. The Kier molecular flexibility index (Phi) is 6.02. The number of carbonyl (C=O) groups excluding carboxylic acids is 1.